The van der Waals surface area contributed by atoms with Crippen molar-refractivity contribution in [3.63, 3.8) is 0 Å². The predicted octanol–water partition coefficient (Wildman–Crippen LogP) is 4.77. The van der Waals surface area contributed by atoms with Gasteiger partial charge in [0.1, 0.15) is 18.2 Å². The zero-order valence-corrected chi connectivity index (χ0v) is 18.3. The summed E-state index contributed by atoms with van der Waals surface area (Å²) < 4.78 is 19.5. The van der Waals surface area contributed by atoms with Crippen LogP contribution in [0.1, 0.15) is 48.2 Å². The molecule has 2 aromatic carbocycles. The summed E-state index contributed by atoms with van der Waals surface area (Å²) in [4.78, 5) is 18.2. The molecule has 6 heteroatoms. The lowest BCUT2D eigenvalue weighted by molar-refractivity contribution is -0.119. The molecule has 1 fully saturated rings. The topological polar surface area (TPSA) is 54.5 Å². The van der Waals surface area contributed by atoms with Crippen molar-refractivity contribution in [2.75, 3.05) is 6.54 Å². The fraction of sp³-hybridized carbons (Fsp3) is 0.308. The van der Waals surface area contributed by atoms with E-state index in [-0.39, 0.29) is 17.8 Å². The maximum atomic E-state index is 13.5. The molecule has 0 bridgehead atoms. The van der Waals surface area contributed by atoms with E-state index in [2.05, 4.69) is 27.3 Å². The second-order valence-corrected chi connectivity index (χ2v) is 8.16. The zero-order chi connectivity index (χ0) is 22.3. The number of likely N-dealkylation sites (tertiary alicyclic amines) is 1. The number of para-hydroxylation sites is 1. The normalized spacial score (nSPS) is 16.1. The molecule has 0 radical (unpaired) electrons. The molecule has 2 heterocycles. The third-order valence-electron chi connectivity index (χ3n) is 5.72. The highest BCUT2D eigenvalue weighted by molar-refractivity contribution is 5.72. The van der Waals surface area contributed by atoms with Crippen molar-refractivity contribution in [3.05, 3.63) is 95.1 Å². The molecule has 4 rings (SSSR count). The molecular formula is C26H28FN3O2. The van der Waals surface area contributed by atoms with Crippen LogP contribution in [0.25, 0.3) is 0 Å². The van der Waals surface area contributed by atoms with Gasteiger partial charge in [0, 0.05) is 31.8 Å². The average Bonchev–Trinajstić information content (AvgIpc) is 3.25. The first-order valence-corrected chi connectivity index (χ1v) is 11.0. The first kappa shape index (κ1) is 22.0. The van der Waals surface area contributed by atoms with Crippen molar-refractivity contribution in [2.45, 2.75) is 45.5 Å². The molecule has 0 spiro atoms. The maximum Gasteiger partial charge on any atom is 0.217 e. The van der Waals surface area contributed by atoms with E-state index < -0.39 is 0 Å². The highest BCUT2D eigenvalue weighted by Crippen LogP contribution is 2.34. The number of pyridine rings is 1. The summed E-state index contributed by atoms with van der Waals surface area (Å²) in [6.45, 7) is 4.10. The van der Waals surface area contributed by atoms with Crippen LogP contribution in [0.5, 0.6) is 5.75 Å². The molecule has 3 aromatic rings. The molecule has 1 N–H and O–H groups in total. The summed E-state index contributed by atoms with van der Waals surface area (Å²) in [5.74, 6) is 0.519. The van der Waals surface area contributed by atoms with Crippen LogP contribution in [-0.4, -0.2) is 22.3 Å². The molecule has 0 unspecified atom stereocenters. The number of nitrogens with one attached hydrogen (secondary N) is 1. The van der Waals surface area contributed by atoms with Gasteiger partial charge < -0.3 is 10.1 Å². The Kier molecular flexibility index (Phi) is 7.12. The van der Waals surface area contributed by atoms with Gasteiger partial charge >= 0.3 is 0 Å². The summed E-state index contributed by atoms with van der Waals surface area (Å²) >= 11 is 0. The molecule has 1 aliphatic rings. The van der Waals surface area contributed by atoms with Crippen molar-refractivity contribution in [1.29, 1.82) is 0 Å². The molecular weight excluding hydrogens is 405 g/mol. The van der Waals surface area contributed by atoms with Gasteiger partial charge in [-0.1, -0.05) is 36.4 Å². The van der Waals surface area contributed by atoms with Gasteiger partial charge in [-0.05, 0) is 54.8 Å². The van der Waals surface area contributed by atoms with Gasteiger partial charge in [-0.15, -0.1) is 0 Å². The zero-order valence-electron chi connectivity index (χ0n) is 18.3. The Morgan fingerprint density at radius 2 is 2.03 bits per heavy atom. The van der Waals surface area contributed by atoms with Gasteiger partial charge in [-0.3, -0.25) is 14.7 Å². The highest BCUT2D eigenvalue weighted by atomic mass is 19.1. The molecule has 1 aliphatic heterocycles. The fourth-order valence-electron chi connectivity index (χ4n) is 4.10. The molecule has 5 nitrogen and oxygen atoms in total. The van der Waals surface area contributed by atoms with Crippen LogP contribution >= 0.6 is 0 Å². The van der Waals surface area contributed by atoms with Crippen molar-refractivity contribution >= 4 is 5.91 Å². The smallest absolute Gasteiger partial charge is 0.217 e. The number of halogens is 1. The average molecular weight is 434 g/mol. The standard InChI is InChI=1S/C26H28FN3O2/c1-19(31)28-15-21-11-12-24(29-16-21)25-9-5-13-30(25)17-22-7-2-3-10-26(22)32-18-20-6-4-8-23(27)14-20/h2-4,6-8,10-12,14,16,25H,5,9,13,15,17-18H2,1H3,(H,28,31)/t25-/m0/s1. The number of rotatable bonds is 8. The SMILES string of the molecule is CC(=O)NCc1ccc([C@@H]2CCCN2Cc2ccccc2OCc2cccc(F)c2)nc1. The van der Waals surface area contributed by atoms with E-state index in [4.69, 9.17) is 4.74 Å². The minimum absolute atomic E-state index is 0.0469. The lowest BCUT2D eigenvalue weighted by Gasteiger charge is -2.25. The summed E-state index contributed by atoms with van der Waals surface area (Å²) in [5.41, 5.74) is 3.96. The molecule has 166 valence electrons. The van der Waals surface area contributed by atoms with Crippen molar-refractivity contribution in [2.24, 2.45) is 0 Å². The third-order valence-corrected chi connectivity index (χ3v) is 5.72. The van der Waals surface area contributed by atoms with Crippen molar-refractivity contribution in [3.8, 4) is 5.75 Å². The summed E-state index contributed by atoms with van der Waals surface area (Å²) in [5, 5.41) is 2.80. The van der Waals surface area contributed by atoms with Crippen LogP contribution in [0.2, 0.25) is 0 Å². The van der Waals surface area contributed by atoms with E-state index in [9.17, 15) is 9.18 Å². The third kappa shape index (κ3) is 5.71. The first-order valence-electron chi connectivity index (χ1n) is 11.0. The minimum atomic E-state index is -0.255. The van der Waals surface area contributed by atoms with Gasteiger partial charge in [-0.25, -0.2) is 4.39 Å². The van der Waals surface area contributed by atoms with Crippen LogP contribution in [0.15, 0.2) is 66.9 Å². The van der Waals surface area contributed by atoms with E-state index in [1.165, 1.54) is 19.1 Å². The summed E-state index contributed by atoms with van der Waals surface area (Å²) in [6, 6.07) is 18.9. The number of hydrogen-bond donors (Lipinski definition) is 1. The molecule has 32 heavy (non-hydrogen) atoms. The lowest BCUT2D eigenvalue weighted by Crippen LogP contribution is -2.24. The van der Waals surface area contributed by atoms with E-state index >= 15 is 0 Å². The Hall–Kier alpha value is -3.25. The number of carbonyl (C=O) groups is 1. The summed E-state index contributed by atoms with van der Waals surface area (Å²) in [7, 11) is 0. The number of benzene rings is 2. The Bertz CT molecular complexity index is 1050. The largest absolute Gasteiger partial charge is 0.489 e. The van der Waals surface area contributed by atoms with Gasteiger partial charge in [-0.2, -0.15) is 0 Å². The maximum absolute atomic E-state index is 13.5. The quantitative estimate of drug-likeness (QED) is 0.556. The number of carbonyl (C=O) groups excluding carboxylic acids is 1. The molecule has 1 amide bonds. The predicted molar refractivity (Wildman–Crippen MR) is 121 cm³/mol. The van der Waals surface area contributed by atoms with Gasteiger partial charge in [0.2, 0.25) is 5.91 Å². The van der Waals surface area contributed by atoms with Crippen LogP contribution < -0.4 is 10.1 Å². The van der Waals surface area contributed by atoms with E-state index in [1.54, 1.807) is 6.07 Å². The second kappa shape index (κ2) is 10.4. The number of amides is 1. The van der Waals surface area contributed by atoms with E-state index in [0.29, 0.717) is 13.2 Å². The van der Waals surface area contributed by atoms with Gasteiger partial charge in [0.05, 0.1) is 11.7 Å². The Morgan fingerprint density at radius 3 is 2.81 bits per heavy atom. The molecule has 0 aliphatic carbocycles. The van der Waals surface area contributed by atoms with Crippen LogP contribution in [-0.2, 0) is 24.5 Å². The monoisotopic (exact) mass is 433 g/mol. The molecule has 1 atom stereocenters. The highest BCUT2D eigenvalue weighted by Gasteiger charge is 2.27. The lowest BCUT2D eigenvalue weighted by atomic mass is 10.1. The van der Waals surface area contributed by atoms with Gasteiger partial charge in [0.15, 0.2) is 0 Å². The second-order valence-electron chi connectivity index (χ2n) is 8.16. The number of aromatic nitrogens is 1. The number of nitrogens with zero attached hydrogens (tertiary/aromatic N) is 2. The van der Waals surface area contributed by atoms with Gasteiger partial charge in [0.25, 0.3) is 0 Å². The Labute approximate surface area is 188 Å². The van der Waals surface area contributed by atoms with Crippen LogP contribution in [0, 0.1) is 5.82 Å². The number of hydrogen-bond acceptors (Lipinski definition) is 4. The van der Waals surface area contributed by atoms with Crippen molar-refractivity contribution < 1.29 is 13.9 Å². The molecule has 0 saturated carbocycles. The summed E-state index contributed by atoms with van der Waals surface area (Å²) in [6.07, 6.45) is 4.02. The molecule has 1 saturated heterocycles. The minimum Gasteiger partial charge on any atom is -0.489 e. The fourth-order valence-corrected chi connectivity index (χ4v) is 4.10. The molecule has 1 aromatic heterocycles. The number of ether oxygens (including phenoxy) is 1. The van der Waals surface area contributed by atoms with Crippen molar-refractivity contribution in [1.82, 2.24) is 15.2 Å². The van der Waals surface area contributed by atoms with E-state index in [0.717, 1.165) is 54.1 Å². The Morgan fingerprint density at radius 1 is 1.16 bits per heavy atom. The van der Waals surface area contributed by atoms with Crippen LogP contribution in [0.3, 0.4) is 0 Å². The van der Waals surface area contributed by atoms with E-state index in [1.807, 2.05) is 36.5 Å². The Balaban J connectivity index is 1.42. The first-order chi connectivity index (χ1) is 15.6. The van der Waals surface area contributed by atoms with Crippen LogP contribution in [0.4, 0.5) is 4.39 Å².